The molecule has 0 aliphatic rings. The van der Waals surface area contributed by atoms with Gasteiger partial charge in [0.25, 0.3) is 0 Å². The number of anilines is 2. The fourth-order valence-electron chi connectivity index (χ4n) is 2.55. The number of H-pyrrole nitrogens is 1. The number of aromatic nitrogens is 3. The van der Waals surface area contributed by atoms with E-state index in [4.69, 9.17) is 0 Å². The van der Waals surface area contributed by atoms with Gasteiger partial charge in [-0.15, -0.1) is 0 Å². The number of aromatic amines is 1. The van der Waals surface area contributed by atoms with Crippen LogP contribution in [0.15, 0.2) is 53.4 Å². The Bertz CT molecular complexity index is 1080. The third kappa shape index (κ3) is 2.41. The molecule has 0 radical (unpaired) electrons. The van der Waals surface area contributed by atoms with Crippen LogP contribution in [-0.4, -0.2) is 15.0 Å². The second kappa shape index (κ2) is 5.38. The predicted molar refractivity (Wildman–Crippen MR) is 93.5 cm³/mol. The smallest absolute Gasteiger partial charge is 0.103 e. The Morgan fingerprint density at radius 2 is 2.04 bits per heavy atom. The summed E-state index contributed by atoms with van der Waals surface area (Å²) in [7, 11) is 0. The number of nitriles is 1. The lowest BCUT2D eigenvalue weighted by atomic mass is 10.1. The maximum absolute atomic E-state index is 9.42. The highest BCUT2D eigenvalue weighted by molar-refractivity contribution is 9.10. The quantitative estimate of drug-likeness (QED) is 0.549. The van der Waals surface area contributed by atoms with Crippen LogP contribution in [0.5, 0.6) is 0 Å². The first-order valence-corrected chi connectivity index (χ1v) is 7.72. The van der Waals surface area contributed by atoms with E-state index in [0.717, 1.165) is 37.8 Å². The van der Waals surface area contributed by atoms with Crippen molar-refractivity contribution in [1.82, 2.24) is 15.0 Å². The summed E-state index contributed by atoms with van der Waals surface area (Å²) < 4.78 is 0.967. The minimum atomic E-state index is 0.493. The average molecular weight is 364 g/mol. The molecule has 6 heteroatoms. The minimum Gasteiger partial charge on any atom is -0.354 e. The van der Waals surface area contributed by atoms with E-state index in [-0.39, 0.29) is 0 Å². The van der Waals surface area contributed by atoms with Gasteiger partial charge in [0.1, 0.15) is 6.07 Å². The third-order valence-corrected chi connectivity index (χ3v) is 4.12. The van der Waals surface area contributed by atoms with Crippen molar-refractivity contribution in [3.8, 4) is 6.07 Å². The van der Waals surface area contributed by atoms with E-state index < -0.39 is 0 Å². The van der Waals surface area contributed by atoms with Crippen LogP contribution in [0.25, 0.3) is 21.9 Å². The van der Waals surface area contributed by atoms with Gasteiger partial charge in [-0.3, -0.25) is 4.98 Å². The lowest BCUT2D eigenvalue weighted by Gasteiger charge is -2.11. The third-order valence-electron chi connectivity index (χ3n) is 3.62. The number of pyridine rings is 1. The molecule has 110 valence electrons. The molecule has 0 saturated heterocycles. The van der Waals surface area contributed by atoms with Gasteiger partial charge in [0.15, 0.2) is 0 Å². The molecule has 0 atom stereocenters. The molecule has 0 spiro atoms. The molecule has 23 heavy (non-hydrogen) atoms. The zero-order chi connectivity index (χ0) is 15.8. The Labute approximate surface area is 140 Å². The van der Waals surface area contributed by atoms with Crippen LogP contribution in [-0.2, 0) is 0 Å². The Morgan fingerprint density at radius 3 is 2.87 bits per heavy atom. The number of hydrogen-bond acceptors (Lipinski definition) is 4. The summed E-state index contributed by atoms with van der Waals surface area (Å²) in [6.45, 7) is 0. The Hall–Kier alpha value is -2.91. The minimum absolute atomic E-state index is 0.493. The maximum Gasteiger partial charge on any atom is 0.103 e. The monoisotopic (exact) mass is 363 g/mol. The van der Waals surface area contributed by atoms with Crippen LogP contribution >= 0.6 is 15.9 Å². The summed E-state index contributed by atoms with van der Waals surface area (Å²) in [5.41, 5.74) is 4.69. The fraction of sp³-hybridized carbons (Fsp3) is 0. The second-order valence-electron chi connectivity index (χ2n) is 5.08. The van der Waals surface area contributed by atoms with E-state index in [1.807, 2.05) is 36.4 Å². The number of halogens is 1. The van der Waals surface area contributed by atoms with Gasteiger partial charge in [0.2, 0.25) is 0 Å². The van der Waals surface area contributed by atoms with E-state index in [9.17, 15) is 5.26 Å². The number of hydrogen-bond donors (Lipinski definition) is 2. The van der Waals surface area contributed by atoms with Crippen LogP contribution in [0.3, 0.4) is 0 Å². The average Bonchev–Trinajstić information content (AvgIpc) is 3.01. The highest BCUT2D eigenvalue weighted by Crippen LogP contribution is 2.31. The molecule has 4 aromatic rings. The normalized spacial score (nSPS) is 10.8. The molecule has 2 aromatic heterocycles. The van der Waals surface area contributed by atoms with Crippen molar-refractivity contribution in [3.05, 3.63) is 59.0 Å². The van der Waals surface area contributed by atoms with Crippen molar-refractivity contribution < 1.29 is 0 Å². The maximum atomic E-state index is 9.42. The van der Waals surface area contributed by atoms with Crippen molar-refractivity contribution in [2.75, 3.05) is 5.32 Å². The lowest BCUT2D eigenvalue weighted by Crippen LogP contribution is -1.97. The lowest BCUT2D eigenvalue weighted by molar-refractivity contribution is 1.34. The molecule has 0 aliphatic heterocycles. The molecule has 2 N–H and O–H groups in total. The summed E-state index contributed by atoms with van der Waals surface area (Å²) in [5.74, 6) is 0. The van der Waals surface area contributed by atoms with Gasteiger partial charge in [0, 0.05) is 21.7 Å². The Morgan fingerprint density at radius 1 is 1.13 bits per heavy atom. The zero-order valence-corrected chi connectivity index (χ0v) is 13.4. The molecule has 2 aromatic carbocycles. The van der Waals surface area contributed by atoms with E-state index in [1.165, 1.54) is 0 Å². The SMILES string of the molecule is N#Cc1cnc2cc3[nH]cnc3cc2c1Nc1cccc(Br)c1. The van der Waals surface area contributed by atoms with E-state index in [1.54, 1.807) is 12.5 Å². The molecule has 0 fully saturated rings. The van der Waals surface area contributed by atoms with Crippen LogP contribution < -0.4 is 5.32 Å². The van der Waals surface area contributed by atoms with Gasteiger partial charge < -0.3 is 10.3 Å². The topological polar surface area (TPSA) is 77.4 Å². The van der Waals surface area contributed by atoms with Crippen molar-refractivity contribution in [2.45, 2.75) is 0 Å². The largest absolute Gasteiger partial charge is 0.354 e. The summed E-state index contributed by atoms with van der Waals surface area (Å²) in [5, 5.41) is 13.6. The molecule has 0 amide bonds. The van der Waals surface area contributed by atoms with Gasteiger partial charge >= 0.3 is 0 Å². The van der Waals surface area contributed by atoms with Gasteiger partial charge in [-0.25, -0.2) is 4.98 Å². The number of rotatable bonds is 2. The molecule has 0 bridgehead atoms. The second-order valence-corrected chi connectivity index (χ2v) is 6.00. The van der Waals surface area contributed by atoms with Gasteiger partial charge in [0.05, 0.1) is 34.1 Å². The molecular formula is C17H10BrN5. The van der Waals surface area contributed by atoms with Crippen molar-refractivity contribution in [1.29, 1.82) is 5.26 Å². The van der Waals surface area contributed by atoms with Crippen LogP contribution in [0.4, 0.5) is 11.4 Å². The van der Waals surface area contributed by atoms with E-state index in [2.05, 4.69) is 42.3 Å². The van der Waals surface area contributed by atoms with Crippen LogP contribution in [0.2, 0.25) is 0 Å². The Kier molecular flexibility index (Phi) is 3.21. The van der Waals surface area contributed by atoms with Crippen LogP contribution in [0, 0.1) is 11.3 Å². The predicted octanol–water partition coefficient (Wildman–Crippen LogP) is 4.49. The number of nitrogens with one attached hydrogen (secondary N) is 2. The first-order chi connectivity index (χ1) is 11.2. The van der Waals surface area contributed by atoms with Gasteiger partial charge in [-0.1, -0.05) is 22.0 Å². The highest BCUT2D eigenvalue weighted by atomic mass is 79.9. The number of imidazole rings is 1. The Balaban J connectivity index is 1.96. The van der Waals surface area contributed by atoms with E-state index >= 15 is 0 Å². The van der Waals surface area contributed by atoms with E-state index in [0.29, 0.717) is 5.56 Å². The molecule has 2 heterocycles. The molecule has 0 saturated carbocycles. The van der Waals surface area contributed by atoms with Gasteiger partial charge in [-0.05, 0) is 30.3 Å². The fourth-order valence-corrected chi connectivity index (χ4v) is 2.95. The number of fused-ring (bicyclic) bond motifs is 2. The molecular weight excluding hydrogens is 354 g/mol. The summed E-state index contributed by atoms with van der Waals surface area (Å²) >= 11 is 3.46. The molecule has 4 rings (SSSR count). The number of nitrogens with zero attached hydrogens (tertiary/aromatic N) is 3. The molecule has 0 aliphatic carbocycles. The first-order valence-electron chi connectivity index (χ1n) is 6.93. The van der Waals surface area contributed by atoms with Gasteiger partial charge in [-0.2, -0.15) is 5.26 Å². The van der Waals surface area contributed by atoms with Crippen LogP contribution in [0.1, 0.15) is 5.56 Å². The van der Waals surface area contributed by atoms with Crippen molar-refractivity contribution in [2.24, 2.45) is 0 Å². The first kappa shape index (κ1) is 13.7. The number of benzene rings is 2. The standard InChI is InChI=1S/C17H10BrN5/c18-11-2-1-3-12(4-11)23-17-10(7-19)8-20-14-6-16-15(5-13(14)17)21-9-22-16/h1-6,8-9H,(H,20,23)(H,21,22). The molecule has 5 nitrogen and oxygen atoms in total. The summed E-state index contributed by atoms with van der Waals surface area (Å²) in [6.07, 6.45) is 3.24. The van der Waals surface area contributed by atoms with Crippen molar-refractivity contribution in [3.63, 3.8) is 0 Å². The van der Waals surface area contributed by atoms with Crippen molar-refractivity contribution >= 4 is 49.2 Å². The molecule has 0 unspecified atom stereocenters. The highest BCUT2D eigenvalue weighted by Gasteiger charge is 2.11. The zero-order valence-electron chi connectivity index (χ0n) is 11.8. The summed E-state index contributed by atoms with van der Waals surface area (Å²) in [4.78, 5) is 11.7. The summed E-state index contributed by atoms with van der Waals surface area (Å²) in [6, 6.07) is 13.9.